The number of amides is 2. The van der Waals surface area contributed by atoms with Crippen LogP contribution in [0.2, 0.25) is 0 Å². The minimum absolute atomic E-state index is 0.129. The van der Waals surface area contributed by atoms with E-state index in [9.17, 15) is 9.59 Å². The number of urea groups is 1. The molecule has 0 spiro atoms. The lowest BCUT2D eigenvalue weighted by Gasteiger charge is -2.22. The molecule has 1 aliphatic carbocycles. The van der Waals surface area contributed by atoms with E-state index >= 15 is 0 Å². The minimum Gasteiger partial charge on any atom is -0.497 e. The summed E-state index contributed by atoms with van der Waals surface area (Å²) in [6.45, 7) is 0.434. The molecule has 1 aromatic heterocycles. The zero-order valence-electron chi connectivity index (χ0n) is 14.6. The van der Waals surface area contributed by atoms with Crippen LogP contribution in [-0.4, -0.2) is 30.7 Å². The molecule has 0 saturated heterocycles. The quantitative estimate of drug-likeness (QED) is 0.780. The van der Waals surface area contributed by atoms with Gasteiger partial charge in [-0.15, -0.1) is 0 Å². The Morgan fingerprint density at radius 3 is 2.80 bits per heavy atom. The maximum atomic E-state index is 12.2. The van der Waals surface area contributed by atoms with Gasteiger partial charge in [0.15, 0.2) is 0 Å². The number of carbonyl (C=O) groups is 1. The Morgan fingerprint density at radius 1 is 1.24 bits per heavy atom. The van der Waals surface area contributed by atoms with Crippen molar-refractivity contribution in [2.24, 2.45) is 0 Å². The van der Waals surface area contributed by atoms with Gasteiger partial charge in [0.1, 0.15) is 5.75 Å². The van der Waals surface area contributed by atoms with E-state index in [2.05, 4.69) is 15.6 Å². The minimum atomic E-state index is -0.145. The maximum absolute atomic E-state index is 12.2. The number of aromatic amines is 1. The Morgan fingerprint density at radius 2 is 2.04 bits per heavy atom. The van der Waals surface area contributed by atoms with Gasteiger partial charge in [-0.1, -0.05) is 19.3 Å². The summed E-state index contributed by atoms with van der Waals surface area (Å²) >= 11 is 0. The van der Waals surface area contributed by atoms with Crippen LogP contribution >= 0.6 is 0 Å². The summed E-state index contributed by atoms with van der Waals surface area (Å²) in [6, 6.07) is 7.59. The van der Waals surface area contributed by atoms with Gasteiger partial charge in [0.2, 0.25) is 0 Å². The van der Waals surface area contributed by atoms with Crippen LogP contribution < -0.4 is 20.9 Å². The number of carbonyl (C=O) groups excluding carboxylic acids is 1. The number of benzene rings is 1. The molecular formula is C19H25N3O3. The molecule has 0 unspecified atom stereocenters. The number of pyridine rings is 1. The van der Waals surface area contributed by atoms with E-state index in [0.29, 0.717) is 24.3 Å². The second kappa shape index (κ2) is 8.05. The van der Waals surface area contributed by atoms with E-state index in [1.807, 2.05) is 18.2 Å². The topological polar surface area (TPSA) is 83.2 Å². The Bertz CT molecular complexity index is 794. The van der Waals surface area contributed by atoms with Gasteiger partial charge in [-0.05, 0) is 42.8 Å². The van der Waals surface area contributed by atoms with E-state index in [1.165, 1.54) is 19.3 Å². The average Bonchev–Trinajstić information content (AvgIpc) is 2.62. The predicted octanol–water partition coefficient (Wildman–Crippen LogP) is 2.71. The van der Waals surface area contributed by atoms with E-state index in [-0.39, 0.29) is 17.6 Å². The highest BCUT2D eigenvalue weighted by molar-refractivity contribution is 5.80. The lowest BCUT2D eigenvalue weighted by Crippen LogP contribution is -2.43. The monoisotopic (exact) mass is 343 g/mol. The van der Waals surface area contributed by atoms with Gasteiger partial charge in [0.25, 0.3) is 5.56 Å². The second-order valence-corrected chi connectivity index (χ2v) is 6.56. The van der Waals surface area contributed by atoms with Crippen molar-refractivity contribution in [2.45, 2.75) is 44.6 Å². The predicted molar refractivity (Wildman–Crippen MR) is 98.2 cm³/mol. The second-order valence-electron chi connectivity index (χ2n) is 6.56. The van der Waals surface area contributed by atoms with Crippen molar-refractivity contribution in [1.82, 2.24) is 15.6 Å². The highest BCUT2D eigenvalue weighted by Crippen LogP contribution is 2.19. The zero-order chi connectivity index (χ0) is 17.6. The van der Waals surface area contributed by atoms with Gasteiger partial charge < -0.3 is 20.4 Å². The third kappa shape index (κ3) is 4.53. The molecule has 0 radical (unpaired) electrons. The lowest BCUT2D eigenvalue weighted by molar-refractivity contribution is 0.233. The zero-order valence-corrected chi connectivity index (χ0v) is 14.6. The first-order valence-electron chi connectivity index (χ1n) is 8.90. The number of rotatable bonds is 5. The molecule has 6 heteroatoms. The molecule has 134 valence electrons. The van der Waals surface area contributed by atoms with E-state index in [0.717, 1.165) is 23.7 Å². The number of hydrogen-bond acceptors (Lipinski definition) is 3. The molecule has 0 atom stereocenters. The first-order chi connectivity index (χ1) is 12.2. The highest BCUT2D eigenvalue weighted by atomic mass is 16.5. The first-order valence-corrected chi connectivity index (χ1v) is 8.90. The van der Waals surface area contributed by atoms with Gasteiger partial charge in [0, 0.05) is 24.2 Å². The van der Waals surface area contributed by atoms with Crippen molar-refractivity contribution in [3.63, 3.8) is 0 Å². The number of ether oxygens (including phenoxy) is 1. The van der Waals surface area contributed by atoms with Crippen LogP contribution in [0.1, 0.15) is 37.7 Å². The molecule has 3 rings (SSSR count). The molecule has 6 nitrogen and oxygen atoms in total. The number of H-pyrrole nitrogens is 1. The molecule has 1 aromatic carbocycles. The van der Waals surface area contributed by atoms with Gasteiger partial charge in [0.05, 0.1) is 12.6 Å². The van der Waals surface area contributed by atoms with Crippen molar-refractivity contribution in [2.75, 3.05) is 13.7 Å². The Hall–Kier alpha value is -2.50. The van der Waals surface area contributed by atoms with Gasteiger partial charge in [-0.2, -0.15) is 0 Å². The summed E-state index contributed by atoms with van der Waals surface area (Å²) in [5.74, 6) is 0.706. The summed E-state index contributed by atoms with van der Waals surface area (Å²) in [4.78, 5) is 27.0. The van der Waals surface area contributed by atoms with E-state index in [1.54, 1.807) is 13.2 Å². The third-order valence-electron chi connectivity index (χ3n) is 4.75. The molecule has 0 bridgehead atoms. The van der Waals surface area contributed by atoms with Crippen LogP contribution in [0, 0.1) is 0 Å². The molecule has 2 amide bonds. The Kier molecular flexibility index (Phi) is 5.58. The molecule has 1 heterocycles. The van der Waals surface area contributed by atoms with Crippen molar-refractivity contribution in [3.8, 4) is 5.75 Å². The normalized spacial score (nSPS) is 15.1. The molecule has 1 fully saturated rings. The number of hydrogen-bond donors (Lipinski definition) is 3. The van der Waals surface area contributed by atoms with Crippen molar-refractivity contribution >= 4 is 16.9 Å². The summed E-state index contributed by atoms with van der Waals surface area (Å²) in [5.41, 5.74) is 1.28. The fourth-order valence-electron chi connectivity index (χ4n) is 3.33. The average molecular weight is 343 g/mol. The van der Waals surface area contributed by atoms with Gasteiger partial charge in [-0.3, -0.25) is 4.79 Å². The standard InChI is InChI=1S/C19H25N3O3/c1-25-16-8-7-13-11-14(18(23)22-17(13)12-16)9-10-20-19(24)21-15-5-3-2-4-6-15/h7-8,11-12,15H,2-6,9-10H2,1H3,(H,22,23)(H2,20,21,24). The number of methoxy groups -OCH3 is 1. The molecule has 0 aliphatic heterocycles. The molecular weight excluding hydrogens is 318 g/mol. The smallest absolute Gasteiger partial charge is 0.315 e. The summed E-state index contributed by atoms with van der Waals surface area (Å²) < 4.78 is 5.17. The van der Waals surface area contributed by atoms with Crippen LogP contribution in [0.5, 0.6) is 5.75 Å². The van der Waals surface area contributed by atoms with Crippen LogP contribution in [0.15, 0.2) is 29.1 Å². The largest absolute Gasteiger partial charge is 0.497 e. The summed E-state index contributed by atoms with van der Waals surface area (Å²) in [7, 11) is 1.59. The summed E-state index contributed by atoms with van der Waals surface area (Å²) in [5, 5.41) is 6.81. The first kappa shape index (κ1) is 17.3. The lowest BCUT2D eigenvalue weighted by atomic mass is 9.96. The molecule has 1 aliphatic rings. The number of fused-ring (bicyclic) bond motifs is 1. The van der Waals surface area contributed by atoms with E-state index in [4.69, 9.17) is 4.74 Å². The number of nitrogens with one attached hydrogen (secondary N) is 3. The van der Waals surface area contributed by atoms with Crippen molar-refractivity contribution < 1.29 is 9.53 Å². The molecule has 3 N–H and O–H groups in total. The van der Waals surface area contributed by atoms with Crippen molar-refractivity contribution in [1.29, 1.82) is 0 Å². The Labute approximate surface area is 147 Å². The van der Waals surface area contributed by atoms with E-state index < -0.39 is 0 Å². The van der Waals surface area contributed by atoms with Crippen LogP contribution in [0.4, 0.5) is 4.79 Å². The summed E-state index contributed by atoms with van der Waals surface area (Å²) in [6.07, 6.45) is 6.23. The molecule has 2 aromatic rings. The van der Waals surface area contributed by atoms with Crippen molar-refractivity contribution in [3.05, 3.63) is 40.2 Å². The Balaban J connectivity index is 1.56. The van der Waals surface area contributed by atoms with Crippen LogP contribution in [0.3, 0.4) is 0 Å². The maximum Gasteiger partial charge on any atom is 0.315 e. The molecule has 1 saturated carbocycles. The molecule has 25 heavy (non-hydrogen) atoms. The SMILES string of the molecule is COc1ccc2cc(CCNC(=O)NC3CCCCC3)c(=O)[nH]c2c1. The number of aromatic nitrogens is 1. The van der Waals surface area contributed by atoms with Gasteiger partial charge in [-0.25, -0.2) is 4.79 Å². The van der Waals surface area contributed by atoms with Gasteiger partial charge >= 0.3 is 6.03 Å². The third-order valence-corrected chi connectivity index (χ3v) is 4.75. The fourth-order valence-corrected chi connectivity index (χ4v) is 3.33. The van der Waals surface area contributed by atoms with Crippen LogP contribution in [0.25, 0.3) is 10.9 Å². The highest BCUT2D eigenvalue weighted by Gasteiger charge is 2.15. The fraction of sp³-hybridized carbons (Fsp3) is 0.474. The van der Waals surface area contributed by atoms with Crippen LogP contribution in [-0.2, 0) is 6.42 Å².